The molecule has 1 aliphatic heterocycles. The van der Waals surface area contributed by atoms with Crippen molar-refractivity contribution in [2.75, 3.05) is 33.9 Å². The fourth-order valence-corrected chi connectivity index (χ4v) is 5.20. The smallest absolute Gasteiger partial charge is 0.240 e. The molecule has 2 aromatic carbocycles. The van der Waals surface area contributed by atoms with Crippen LogP contribution in [-0.2, 0) is 10.0 Å². The number of nitrogens with zero attached hydrogens (tertiary/aromatic N) is 1. The zero-order valence-corrected chi connectivity index (χ0v) is 18.4. The van der Waals surface area contributed by atoms with E-state index in [1.165, 1.54) is 0 Å². The van der Waals surface area contributed by atoms with Gasteiger partial charge in [0.1, 0.15) is 11.5 Å². The van der Waals surface area contributed by atoms with Crippen LogP contribution in [0.3, 0.4) is 0 Å². The molecular weight excluding hydrogens is 444 g/mol. The van der Waals surface area contributed by atoms with E-state index in [0.717, 1.165) is 37.2 Å². The molecule has 1 fully saturated rings. The normalized spacial score (nSPS) is 16.1. The highest BCUT2D eigenvalue weighted by Crippen LogP contribution is 2.29. The molecule has 1 saturated heterocycles. The van der Waals surface area contributed by atoms with Gasteiger partial charge in [-0.1, -0.05) is 12.1 Å². The predicted octanol–water partition coefficient (Wildman–Crippen LogP) is 3.58. The Hall–Kier alpha value is -1.61. The summed E-state index contributed by atoms with van der Waals surface area (Å²) >= 11 is 3.35. The predicted molar refractivity (Wildman–Crippen MR) is 112 cm³/mol. The maximum absolute atomic E-state index is 12.8. The molecule has 28 heavy (non-hydrogen) atoms. The van der Waals surface area contributed by atoms with Gasteiger partial charge in [-0.15, -0.1) is 0 Å². The Morgan fingerprint density at radius 3 is 2.50 bits per heavy atom. The van der Waals surface area contributed by atoms with Crippen molar-refractivity contribution in [3.63, 3.8) is 0 Å². The molecule has 1 unspecified atom stereocenters. The fourth-order valence-electron chi connectivity index (χ4n) is 3.45. The Kier molecular flexibility index (Phi) is 6.98. The third kappa shape index (κ3) is 4.86. The Balaban J connectivity index is 1.81. The summed E-state index contributed by atoms with van der Waals surface area (Å²) in [5.41, 5.74) is 1.04. The Morgan fingerprint density at radius 2 is 1.86 bits per heavy atom. The van der Waals surface area contributed by atoms with E-state index in [1.807, 2.05) is 24.3 Å². The van der Waals surface area contributed by atoms with Gasteiger partial charge in [0.15, 0.2) is 0 Å². The van der Waals surface area contributed by atoms with Crippen LogP contribution in [0.25, 0.3) is 0 Å². The van der Waals surface area contributed by atoms with Gasteiger partial charge in [0.2, 0.25) is 10.0 Å². The molecule has 2 aromatic rings. The number of nitrogens with one attached hydrogen (secondary N) is 1. The molecule has 1 atom stereocenters. The highest BCUT2D eigenvalue weighted by Gasteiger charge is 2.26. The van der Waals surface area contributed by atoms with Crippen LogP contribution in [0.4, 0.5) is 0 Å². The van der Waals surface area contributed by atoms with Crippen LogP contribution in [0.15, 0.2) is 51.8 Å². The average molecular weight is 469 g/mol. The summed E-state index contributed by atoms with van der Waals surface area (Å²) in [6, 6.07) is 12.5. The lowest BCUT2D eigenvalue weighted by Crippen LogP contribution is -2.36. The van der Waals surface area contributed by atoms with Crippen molar-refractivity contribution in [1.82, 2.24) is 9.62 Å². The summed E-state index contributed by atoms with van der Waals surface area (Å²) in [6.07, 6.45) is 2.25. The van der Waals surface area contributed by atoms with E-state index in [9.17, 15) is 8.42 Å². The molecule has 1 heterocycles. The molecule has 0 aliphatic carbocycles. The van der Waals surface area contributed by atoms with E-state index in [1.54, 1.807) is 32.4 Å². The minimum atomic E-state index is -3.65. The number of ether oxygens (including phenoxy) is 2. The number of likely N-dealkylation sites (tertiary alicyclic amines) is 1. The van der Waals surface area contributed by atoms with E-state index in [4.69, 9.17) is 9.47 Å². The number of methoxy groups -OCH3 is 2. The monoisotopic (exact) mass is 468 g/mol. The largest absolute Gasteiger partial charge is 0.497 e. The first-order chi connectivity index (χ1) is 13.4. The third-order valence-electron chi connectivity index (χ3n) is 4.96. The Morgan fingerprint density at radius 1 is 1.11 bits per heavy atom. The summed E-state index contributed by atoms with van der Waals surface area (Å²) in [5.74, 6) is 1.36. The third-order valence-corrected chi connectivity index (χ3v) is 7.00. The van der Waals surface area contributed by atoms with Gasteiger partial charge in [-0.05, 0) is 77.8 Å². The highest BCUT2D eigenvalue weighted by molar-refractivity contribution is 9.10. The Bertz CT molecular complexity index is 914. The molecule has 0 amide bonds. The van der Waals surface area contributed by atoms with Crippen molar-refractivity contribution < 1.29 is 17.9 Å². The number of hydrogen-bond acceptors (Lipinski definition) is 5. The van der Waals surface area contributed by atoms with Crippen LogP contribution in [-0.4, -0.2) is 47.2 Å². The standard InChI is InChI=1S/C20H25BrN2O4S/c1-26-16-7-5-6-15(12-16)19(23-10-3-4-11-23)14-22-28(24,25)17-8-9-20(27-2)18(21)13-17/h5-9,12-13,19,22H,3-4,10-11,14H2,1-2H3. The first-order valence-electron chi connectivity index (χ1n) is 9.16. The quantitative estimate of drug-likeness (QED) is 0.640. The fraction of sp³-hybridized carbons (Fsp3) is 0.400. The van der Waals surface area contributed by atoms with Crippen molar-refractivity contribution in [2.45, 2.75) is 23.8 Å². The molecule has 0 radical (unpaired) electrons. The number of hydrogen-bond donors (Lipinski definition) is 1. The van der Waals surface area contributed by atoms with Gasteiger partial charge >= 0.3 is 0 Å². The first-order valence-corrected chi connectivity index (χ1v) is 11.4. The first kappa shape index (κ1) is 21.1. The molecule has 8 heteroatoms. The van der Waals surface area contributed by atoms with E-state index < -0.39 is 10.0 Å². The molecule has 0 spiro atoms. The lowest BCUT2D eigenvalue weighted by Gasteiger charge is -2.28. The zero-order chi connectivity index (χ0) is 20.1. The SMILES string of the molecule is COc1cccc(C(CNS(=O)(=O)c2ccc(OC)c(Br)c2)N2CCCC2)c1. The molecule has 152 valence electrons. The number of sulfonamides is 1. The summed E-state index contributed by atoms with van der Waals surface area (Å²) in [4.78, 5) is 2.52. The molecule has 3 rings (SSSR count). The van der Waals surface area contributed by atoms with E-state index >= 15 is 0 Å². The summed E-state index contributed by atoms with van der Waals surface area (Å²) in [5, 5.41) is 0. The van der Waals surface area contributed by atoms with Gasteiger partial charge in [-0.2, -0.15) is 0 Å². The van der Waals surface area contributed by atoms with E-state index in [0.29, 0.717) is 16.8 Å². The lowest BCUT2D eigenvalue weighted by atomic mass is 10.1. The van der Waals surface area contributed by atoms with Gasteiger partial charge in [-0.3, -0.25) is 4.90 Å². The van der Waals surface area contributed by atoms with Gasteiger partial charge in [0, 0.05) is 12.6 Å². The molecule has 6 nitrogen and oxygen atoms in total. The van der Waals surface area contributed by atoms with Gasteiger partial charge in [0.25, 0.3) is 0 Å². The highest BCUT2D eigenvalue weighted by atomic mass is 79.9. The second kappa shape index (κ2) is 9.26. The molecule has 1 aliphatic rings. The molecule has 0 saturated carbocycles. The zero-order valence-electron chi connectivity index (χ0n) is 16.0. The maximum Gasteiger partial charge on any atom is 0.240 e. The summed E-state index contributed by atoms with van der Waals surface area (Å²) in [6.45, 7) is 2.20. The van der Waals surface area contributed by atoms with Crippen LogP contribution in [0.5, 0.6) is 11.5 Å². The molecule has 0 aromatic heterocycles. The van der Waals surface area contributed by atoms with Crippen molar-refractivity contribution in [3.05, 3.63) is 52.5 Å². The van der Waals surface area contributed by atoms with Crippen LogP contribution >= 0.6 is 15.9 Å². The molecule has 0 bridgehead atoms. The van der Waals surface area contributed by atoms with Crippen molar-refractivity contribution in [2.24, 2.45) is 0 Å². The van der Waals surface area contributed by atoms with Crippen LogP contribution in [0.1, 0.15) is 24.4 Å². The maximum atomic E-state index is 12.8. The van der Waals surface area contributed by atoms with Crippen molar-refractivity contribution in [3.8, 4) is 11.5 Å². The van der Waals surface area contributed by atoms with Gasteiger partial charge < -0.3 is 9.47 Å². The average Bonchev–Trinajstić information content (AvgIpc) is 3.22. The van der Waals surface area contributed by atoms with E-state index in [-0.39, 0.29) is 10.9 Å². The lowest BCUT2D eigenvalue weighted by molar-refractivity contribution is 0.246. The van der Waals surface area contributed by atoms with E-state index in [2.05, 4.69) is 25.6 Å². The second-order valence-electron chi connectivity index (χ2n) is 6.68. The minimum absolute atomic E-state index is 0.0472. The van der Waals surface area contributed by atoms with Crippen LogP contribution in [0, 0.1) is 0 Å². The van der Waals surface area contributed by atoms with Crippen molar-refractivity contribution in [1.29, 1.82) is 0 Å². The summed E-state index contributed by atoms with van der Waals surface area (Å²) < 4.78 is 39.6. The van der Waals surface area contributed by atoms with Gasteiger partial charge in [-0.25, -0.2) is 13.1 Å². The summed E-state index contributed by atoms with van der Waals surface area (Å²) in [7, 11) is -0.473. The topological polar surface area (TPSA) is 67.9 Å². The minimum Gasteiger partial charge on any atom is -0.497 e. The Labute approximate surface area is 175 Å². The number of benzene rings is 2. The number of rotatable bonds is 8. The molecular formula is C20H25BrN2O4S. The van der Waals surface area contributed by atoms with Crippen LogP contribution < -0.4 is 14.2 Å². The number of halogens is 1. The van der Waals surface area contributed by atoms with Crippen molar-refractivity contribution >= 4 is 26.0 Å². The van der Waals surface area contributed by atoms with Crippen LogP contribution in [0.2, 0.25) is 0 Å². The second-order valence-corrected chi connectivity index (χ2v) is 9.31. The molecule has 1 N–H and O–H groups in total. The van der Waals surface area contributed by atoms with Gasteiger partial charge in [0.05, 0.1) is 23.6 Å².